The van der Waals surface area contributed by atoms with Crippen LogP contribution in [0.4, 0.5) is 0 Å². The van der Waals surface area contributed by atoms with E-state index in [9.17, 15) is 9.59 Å². The standard InChI is InChI=1S/C8H7N3O2/c1-11-6(12)3-2-5-7(11)8(13)10-4-9-5/h2-4H,1H3,(H,9,10,13). The summed E-state index contributed by atoms with van der Waals surface area (Å²) in [6, 6.07) is 2.92. The zero-order valence-electron chi connectivity index (χ0n) is 6.94. The zero-order valence-corrected chi connectivity index (χ0v) is 6.94. The van der Waals surface area contributed by atoms with Gasteiger partial charge in [-0.2, -0.15) is 0 Å². The molecule has 2 rings (SSSR count). The first-order valence-electron chi connectivity index (χ1n) is 3.73. The van der Waals surface area contributed by atoms with E-state index in [1.165, 1.54) is 23.0 Å². The molecule has 0 radical (unpaired) electrons. The van der Waals surface area contributed by atoms with Crippen LogP contribution in [0.2, 0.25) is 0 Å². The van der Waals surface area contributed by atoms with Crippen LogP contribution in [0.15, 0.2) is 28.0 Å². The van der Waals surface area contributed by atoms with Gasteiger partial charge in [-0.05, 0) is 6.07 Å². The van der Waals surface area contributed by atoms with Crippen molar-refractivity contribution < 1.29 is 0 Å². The first kappa shape index (κ1) is 7.72. The summed E-state index contributed by atoms with van der Waals surface area (Å²) in [5.41, 5.74) is 0.303. The molecule has 0 unspecified atom stereocenters. The Labute approximate surface area is 72.7 Å². The maximum absolute atomic E-state index is 11.3. The van der Waals surface area contributed by atoms with E-state index in [-0.39, 0.29) is 11.1 Å². The Morgan fingerprint density at radius 3 is 2.92 bits per heavy atom. The Hall–Kier alpha value is -1.91. The quantitative estimate of drug-likeness (QED) is 0.596. The molecule has 2 aromatic heterocycles. The number of aryl methyl sites for hydroxylation is 1. The summed E-state index contributed by atoms with van der Waals surface area (Å²) in [5.74, 6) is 0. The lowest BCUT2D eigenvalue weighted by Crippen LogP contribution is -2.22. The van der Waals surface area contributed by atoms with E-state index in [2.05, 4.69) is 9.97 Å². The van der Waals surface area contributed by atoms with Crippen LogP contribution < -0.4 is 11.1 Å². The fraction of sp³-hybridized carbons (Fsp3) is 0.125. The fourth-order valence-corrected chi connectivity index (χ4v) is 1.22. The van der Waals surface area contributed by atoms with Crippen LogP contribution in [-0.4, -0.2) is 14.5 Å². The van der Waals surface area contributed by atoms with Crippen molar-refractivity contribution in [3.05, 3.63) is 39.2 Å². The maximum atomic E-state index is 11.3. The number of hydrogen-bond donors (Lipinski definition) is 1. The summed E-state index contributed by atoms with van der Waals surface area (Å²) < 4.78 is 1.28. The number of fused-ring (bicyclic) bond motifs is 1. The first-order valence-corrected chi connectivity index (χ1v) is 3.73. The Balaban J connectivity index is 3.15. The van der Waals surface area contributed by atoms with Crippen molar-refractivity contribution in [2.45, 2.75) is 0 Å². The van der Waals surface area contributed by atoms with E-state index in [1.807, 2.05) is 0 Å². The van der Waals surface area contributed by atoms with Gasteiger partial charge in [0.05, 0.1) is 11.8 Å². The average Bonchev–Trinajstić information content (AvgIpc) is 2.12. The molecule has 5 heteroatoms. The molecule has 0 saturated carbocycles. The monoisotopic (exact) mass is 177 g/mol. The number of H-pyrrole nitrogens is 1. The first-order chi connectivity index (χ1) is 6.20. The van der Waals surface area contributed by atoms with Gasteiger partial charge < -0.3 is 9.55 Å². The molecule has 2 aromatic rings. The number of aromatic nitrogens is 3. The van der Waals surface area contributed by atoms with Crippen molar-refractivity contribution in [2.75, 3.05) is 0 Å². The molecule has 66 valence electrons. The Kier molecular flexibility index (Phi) is 1.51. The molecule has 0 aliphatic heterocycles. The highest BCUT2D eigenvalue weighted by Gasteiger charge is 2.02. The largest absolute Gasteiger partial charge is 0.311 e. The van der Waals surface area contributed by atoms with E-state index in [0.717, 1.165) is 0 Å². The maximum Gasteiger partial charge on any atom is 0.275 e. The third-order valence-electron chi connectivity index (χ3n) is 1.91. The second-order valence-corrected chi connectivity index (χ2v) is 2.70. The Morgan fingerprint density at radius 2 is 2.15 bits per heavy atom. The third-order valence-corrected chi connectivity index (χ3v) is 1.91. The molecule has 13 heavy (non-hydrogen) atoms. The third kappa shape index (κ3) is 1.05. The van der Waals surface area contributed by atoms with Gasteiger partial charge in [-0.3, -0.25) is 9.59 Å². The van der Waals surface area contributed by atoms with E-state index in [0.29, 0.717) is 11.0 Å². The van der Waals surface area contributed by atoms with Crippen LogP contribution >= 0.6 is 0 Å². The van der Waals surface area contributed by atoms with Crippen molar-refractivity contribution in [1.82, 2.24) is 14.5 Å². The lowest BCUT2D eigenvalue weighted by Gasteiger charge is -2.00. The van der Waals surface area contributed by atoms with Gasteiger partial charge in [0.25, 0.3) is 11.1 Å². The number of rotatable bonds is 0. The lowest BCUT2D eigenvalue weighted by molar-refractivity contribution is 0.890. The van der Waals surface area contributed by atoms with Gasteiger partial charge in [0.15, 0.2) is 0 Å². The second kappa shape index (κ2) is 2.55. The van der Waals surface area contributed by atoms with E-state index in [4.69, 9.17) is 0 Å². The van der Waals surface area contributed by atoms with E-state index >= 15 is 0 Å². The molecule has 0 bridgehead atoms. The van der Waals surface area contributed by atoms with Crippen molar-refractivity contribution in [2.24, 2.45) is 7.05 Å². The number of hydrogen-bond acceptors (Lipinski definition) is 3. The van der Waals surface area contributed by atoms with Gasteiger partial charge in [0.2, 0.25) is 0 Å². The summed E-state index contributed by atoms with van der Waals surface area (Å²) >= 11 is 0. The molecule has 0 aliphatic rings. The topological polar surface area (TPSA) is 67.8 Å². The Bertz CT molecular complexity index is 567. The van der Waals surface area contributed by atoms with Crippen molar-refractivity contribution in [3.63, 3.8) is 0 Å². The van der Waals surface area contributed by atoms with Crippen molar-refractivity contribution >= 4 is 11.0 Å². The number of aromatic amines is 1. The summed E-state index contributed by atoms with van der Waals surface area (Å²) in [6.07, 6.45) is 1.31. The lowest BCUT2D eigenvalue weighted by atomic mass is 10.3. The fourth-order valence-electron chi connectivity index (χ4n) is 1.22. The predicted molar refractivity (Wildman–Crippen MR) is 47.6 cm³/mol. The molecule has 0 aliphatic carbocycles. The highest BCUT2D eigenvalue weighted by Crippen LogP contribution is 1.99. The minimum Gasteiger partial charge on any atom is -0.311 e. The van der Waals surface area contributed by atoms with Crippen molar-refractivity contribution in [1.29, 1.82) is 0 Å². The molecule has 0 aromatic carbocycles. The van der Waals surface area contributed by atoms with Gasteiger partial charge in [-0.25, -0.2) is 4.98 Å². The van der Waals surface area contributed by atoms with Gasteiger partial charge in [0, 0.05) is 13.1 Å². The van der Waals surface area contributed by atoms with Gasteiger partial charge in [0.1, 0.15) is 5.52 Å². The van der Waals surface area contributed by atoms with Crippen LogP contribution in [0, 0.1) is 0 Å². The summed E-state index contributed by atoms with van der Waals surface area (Å²) in [5, 5.41) is 0. The summed E-state index contributed by atoms with van der Waals surface area (Å²) in [4.78, 5) is 28.8. The molecular weight excluding hydrogens is 170 g/mol. The van der Waals surface area contributed by atoms with Gasteiger partial charge in [-0.15, -0.1) is 0 Å². The van der Waals surface area contributed by atoms with E-state index < -0.39 is 0 Å². The van der Waals surface area contributed by atoms with Crippen LogP contribution in [0.3, 0.4) is 0 Å². The minimum atomic E-state index is -0.301. The molecule has 1 N–H and O–H groups in total. The smallest absolute Gasteiger partial charge is 0.275 e. The van der Waals surface area contributed by atoms with Crippen LogP contribution in [0.25, 0.3) is 11.0 Å². The molecule has 5 nitrogen and oxygen atoms in total. The molecule has 0 atom stereocenters. The number of nitrogens with zero attached hydrogens (tertiary/aromatic N) is 2. The molecular formula is C8H7N3O2. The van der Waals surface area contributed by atoms with E-state index in [1.54, 1.807) is 7.05 Å². The van der Waals surface area contributed by atoms with Gasteiger partial charge in [-0.1, -0.05) is 0 Å². The molecule has 0 spiro atoms. The normalized spacial score (nSPS) is 10.5. The molecule has 0 fully saturated rings. The van der Waals surface area contributed by atoms with Crippen molar-refractivity contribution in [3.8, 4) is 0 Å². The number of nitrogens with one attached hydrogen (secondary N) is 1. The van der Waals surface area contributed by atoms with Crippen LogP contribution in [0.5, 0.6) is 0 Å². The zero-order chi connectivity index (χ0) is 9.42. The molecule has 2 heterocycles. The second-order valence-electron chi connectivity index (χ2n) is 2.70. The molecule has 0 saturated heterocycles. The SMILES string of the molecule is Cn1c(=O)ccc2nc[nH]c(=O)c21. The minimum absolute atomic E-state index is 0.217. The Morgan fingerprint density at radius 1 is 1.38 bits per heavy atom. The summed E-state index contributed by atoms with van der Waals surface area (Å²) in [7, 11) is 1.54. The van der Waals surface area contributed by atoms with Crippen LogP contribution in [-0.2, 0) is 7.05 Å². The number of pyridine rings is 1. The average molecular weight is 177 g/mol. The highest BCUT2D eigenvalue weighted by molar-refractivity contribution is 5.72. The van der Waals surface area contributed by atoms with Crippen LogP contribution in [0.1, 0.15) is 0 Å². The van der Waals surface area contributed by atoms with Gasteiger partial charge >= 0.3 is 0 Å². The molecule has 0 amide bonds. The predicted octanol–water partition coefficient (Wildman–Crippen LogP) is -0.378. The summed E-state index contributed by atoms with van der Waals surface area (Å²) in [6.45, 7) is 0. The highest BCUT2D eigenvalue weighted by atomic mass is 16.1.